The lowest BCUT2D eigenvalue weighted by Crippen LogP contribution is -2.48. The molecular weight excluding hydrogens is 278 g/mol. The Labute approximate surface area is 133 Å². The predicted molar refractivity (Wildman–Crippen MR) is 83.1 cm³/mol. The van der Waals surface area contributed by atoms with Gasteiger partial charge in [0.05, 0.1) is 19.3 Å². The van der Waals surface area contributed by atoms with Crippen LogP contribution < -0.4 is 0 Å². The highest BCUT2D eigenvalue weighted by Crippen LogP contribution is 2.39. The summed E-state index contributed by atoms with van der Waals surface area (Å²) in [6.45, 7) is 7.31. The van der Waals surface area contributed by atoms with Crippen LogP contribution >= 0.6 is 0 Å². The highest BCUT2D eigenvalue weighted by molar-refractivity contribution is 5.86. The first-order valence-corrected chi connectivity index (χ1v) is 8.69. The average Bonchev–Trinajstić information content (AvgIpc) is 2.97. The van der Waals surface area contributed by atoms with Crippen LogP contribution in [-0.4, -0.2) is 61.1 Å². The van der Waals surface area contributed by atoms with Crippen LogP contribution in [0.1, 0.15) is 39.0 Å². The number of likely N-dealkylation sites (tertiary alicyclic amines) is 1. The van der Waals surface area contributed by atoms with Gasteiger partial charge in [0.1, 0.15) is 5.41 Å². The molecule has 0 radical (unpaired) electrons. The maximum atomic E-state index is 13.0. The number of morpholine rings is 1. The smallest absolute Gasteiger partial charge is 0.243 e. The number of carbonyl (C=O) groups excluding carboxylic acids is 1. The first-order valence-electron chi connectivity index (χ1n) is 8.69. The molecule has 0 N–H and O–H groups in total. The molecule has 1 saturated carbocycles. The molecule has 3 aliphatic rings. The number of hydrogen-bond acceptors (Lipinski definition) is 4. The topological polar surface area (TPSA) is 56.6 Å². The van der Waals surface area contributed by atoms with Gasteiger partial charge < -0.3 is 9.64 Å². The molecule has 2 atom stereocenters. The zero-order chi connectivity index (χ0) is 15.6. The molecule has 2 aliphatic heterocycles. The number of ether oxygens (including phenoxy) is 1. The summed E-state index contributed by atoms with van der Waals surface area (Å²) in [6, 6.07) is 2.80. The fourth-order valence-electron chi connectivity index (χ4n) is 4.33. The molecule has 0 aromatic heterocycles. The number of hydrogen-bond donors (Lipinski definition) is 0. The zero-order valence-corrected chi connectivity index (χ0v) is 13.6. The molecular formula is C17H27N3O2. The van der Waals surface area contributed by atoms with Gasteiger partial charge >= 0.3 is 0 Å². The van der Waals surface area contributed by atoms with Crippen molar-refractivity contribution in [2.24, 2.45) is 11.3 Å². The summed E-state index contributed by atoms with van der Waals surface area (Å²) in [5.41, 5.74) is -0.738. The maximum Gasteiger partial charge on any atom is 0.243 e. The number of amides is 1. The fourth-order valence-corrected chi connectivity index (χ4v) is 4.33. The van der Waals surface area contributed by atoms with E-state index in [4.69, 9.17) is 4.74 Å². The Morgan fingerprint density at radius 3 is 2.50 bits per heavy atom. The van der Waals surface area contributed by atoms with Crippen molar-refractivity contribution in [2.45, 2.75) is 45.1 Å². The van der Waals surface area contributed by atoms with Crippen LogP contribution in [-0.2, 0) is 9.53 Å². The SMILES string of the molecule is CC1CN(C(=O)C2(C#N)CCCCC2)CC1N1CCOCC1. The molecule has 0 bridgehead atoms. The van der Waals surface area contributed by atoms with Gasteiger partial charge in [0.2, 0.25) is 5.91 Å². The van der Waals surface area contributed by atoms with Crippen LogP contribution in [0.3, 0.4) is 0 Å². The molecule has 22 heavy (non-hydrogen) atoms. The van der Waals surface area contributed by atoms with Crippen LogP contribution in [0.4, 0.5) is 0 Å². The molecule has 5 heteroatoms. The Morgan fingerprint density at radius 1 is 1.18 bits per heavy atom. The molecule has 2 unspecified atom stereocenters. The summed E-state index contributed by atoms with van der Waals surface area (Å²) < 4.78 is 5.43. The van der Waals surface area contributed by atoms with E-state index >= 15 is 0 Å². The minimum Gasteiger partial charge on any atom is -0.379 e. The first kappa shape index (κ1) is 15.8. The fraction of sp³-hybridized carbons (Fsp3) is 0.882. The molecule has 0 aromatic rings. The van der Waals surface area contributed by atoms with E-state index in [0.29, 0.717) is 12.0 Å². The zero-order valence-electron chi connectivity index (χ0n) is 13.6. The van der Waals surface area contributed by atoms with E-state index in [9.17, 15) is 10.1 Å². The van der Waals surface area contributed by atoms with Gasteiger partial charge in [0.25, 0.3) is 0 Å². The van der Waals surface area contributed by atoms with Crippen molar-refractivity contribution in [1.29, 1.82) is 5.26 Å². The minimum absolute atomic E-state index is 0.0947. The molecule has 0 spiro atoms. The lowest BCUT2D eigenvalue weighted by atomic mass is 9.74. The Morgan fingerprint density at radius 2 is 1.86 bits per heavy atom. The Hall–Kier alpha value is -1.12. The maximum absolute atomic E-state index is 13.0. The largest absolute Gasteiger partial charge is 0.379 e. The lowest BCUT2D eigenvalue weighted by Gasteiger charge is -2.35. The summed E-state index contributed by atoms with van der Waals surface area (Å²) in [4.78, 5) is 17.4. The minimum atomic E-state index is -0.738. The van der Waals surface area contributed by atoms with Gasteiger partial charge in [-0.1, -0.05) is 26.2 Å². The van der Waals surface area contributed by atoms with E-state index in [0.717, 1.165) is 71.5 Å². The van der Waals surface area contributed by atoms with Gasteiger partial charge in [-0.25, -0.2) is 0 Å². The van der Waals surface area contributed by atoms with Crippen LogP contribution in [0.15, 0.2) is 0 Å². The first-order chi connectivity index (χ1) is 10.7. The van der Waals surface area contributed by atoms with Crippen LogP contribution in [0, 0.1) is 22.7 Å². The molecule has 122 valence electrons. The molecule has 1 aliphatic carbocycles. The van der Waals surface area contributed by atoms with Crippen molar-refractivity contribution in [3.05, 3.63) is 0 Å². The van der Waals surface area contributed by atoms with Gasteiger partial charge in [0, 0.05) is 32.2 Å². The van der Waals surface area contributed by atoms with E-state index in [1.807, 2.05) is 4.90 Å². The van der Waals surface area contributed by atoms with E-state index in [-0.39, 0.29) is 5.91 Å². The summed E-state index contributed by atoms with van der Waals surface area (Å²) >= 11 is 0. The lowest BCUT2D eigenvalue weighted by molar-refractivity contribution is -0.139. The molecule has 3 fully saturated rings. The third-order valence-electron chi connectivity index (χ3n) is 5.71. The number of carbonyl (C=O) groups is 1. The second kappa shape index (κ2) is 6.55. The van der Waals surface area contributed by atoms with Crippen molar-refractivity contribution in [1.82, 2.24) is 9.80 Å². The summed E-state index contributed by atoms with van der Waals surface area (Å²) in [6.07, 6.45) is 4.67. The quantitative estimate of drug-likeness (QED) is 0.778. The third kappa shape index (κ3) is 2.87. The predicted octanol–water partition coefficient (Wildman–Crippen LogP) is 1.64. The number of nitrogens with zero attached hydrogens (tertiary/aromatic N) is 3. The van der Waals surface area contributed by atoms with E-state index < -0.39 is 5.41 Å². The van der Waals surface area contributed by atoms with E-state index in [2.05, 4.69) is 17.9 Å². The van der Waals surface area contributed by atoms with Crippen molar-refractivity contribution in [2.75, 3.05) is 39.4 Å². The average molecular weight is 305 g/mol. The Bertz CT molecular complexity index is 447. The van der Waals surface area contributed by atoms with E-state index in [1.54, 1.807) is 0 Å². The van der Waals surface area contributed by atoms with Gasteiger partial charge in [-0.05, 0) is 18.8 Å². The summed E-state index contributed by atoms with van der Waals surface area (Å²) in [5, 5.41) is 9.63. The van der Waals surface area contributed by atoms with Gasteiger partial charge in [-0.3, -0.25) is 9.69 Å². The number of nitriles is 1. The standard InChI is InChI=1S/C17H27N3O2/c1-14-11-20(12-15(14)19-7-9-22-10-8-19)16(21)17(13-18)5-3-2-4-6-17/h14-15H,2-12H2,1H3. The molecule has 5 nitrogen and oxygen atoms in total. The second-order valence-electron chi connectivity index (χ2n) is 7.16. The highest BCUT2D eigenvalue weighted by atomic mass is 16.5. The Balaban J connectivity index is 1.67. The Kier molecular flexibility index (Phi) is 4.70. The molecule has 3 rings (SSSR count). The van der Waals surface area contributed by atoms with Gasteiger partial charge in [0.15, 0.2) is 0 Å². The highest BCUT2D eigenvalue weighted by Gasteiger charge is 2.46. The van der Waals surface area contributed by atoms with Crippen molar-refractivity contribution < 1.29 is 9.53 Å². The van der Waals surface area contributed by atoms with Crippen molar-refractivity contribution in [3.63, 3.8) is 0 Å². The molecule has 2 heterocycles. The van der Waals surface area contributed by atoms with Crippen molar-refractivity contribution in [3.8, 4) is 6.07 Å². The summed E-state index contributed by atoms with van der Waals surface area (Å²) in [7, 11) is 0. The van der Waals surface area contributed by atoms with Crippen LogP contribution in [0.2, 0.25) is 0 Å². The molecule has 1 amide bonds. The number of rotatable bonds is 2. The summed E-state index contributed by atoms with van der Waals surface area (Å²) in [5.74, 6) is 0.568. The van der Waals surface area contributed by atoms with Crippen molar-refractivity contribution >= 4 is 5.91 Å². The monoisotopic (exact) mass is 305 g/mol. The van der Waals surface area contributed by atoms with Crippen LogP contribution in [0.25, 0.3) is 0 Å². The molecule has 0 aromatic carbocycles. The molecule has 2 saturated heterocycles. The van der Waals surface area contributed by atoms with Gasteiger partial charge in [-0.15, -0.1) is 0 Å². The van der Waals surface area contributed by atoms with Gasteiger partial charge in [-0.2, -0.15) is 5.26 Å². The normalized spacial score (nSPS) is 32.6. The van der Waals surface area contributed by atoms with E-state index in [1.165, 1.54) is 0 Å². The second-order valence-corrected chi connectivity index (χ2v) is 7.16. The van der Waals surface area contributed by atoms with Crippen LogP contribution in [0.5, 0.6) is 0 Å². The third-order valence-corrected chi connectivity index (χ3v) is 5.71.